The van der Waals surface area contributed by atoms with Gasteiger partial charge >= 0.3 is 12.0 Å². The minimum Gasteiger partial charge on any atom is -0.480 e. The zero-order valence-corrected chi connectivity index (χ0v) is 11.3. The molecule has 0 aromatic carbocycles. The number of hydrogen-bond donors (Lipinski definition) is 4. The first-order valence-corrected chi connectivity index (χ1v) is 6.85. The van der Waals surface area contributed by atoms with Crippen molar-refractivity contribution in [1.29, 1.82) is 0 Å². The van der Waals surface area contributed by atoms with E-state index in [4.69, 9.17) is 5.11 Å². The maximum atomic E-state index is 11.7. The van der Waals surface area contributed by atoms with Gasteiger partial charge in [-0.2, -0.15) is 11.3 Å². The van der Waals surface area contributed by atoms with Crippen LogP contribution < -0.4 is 10.6 Å². The molecule has 0 fully saturated rings. The van der Waals surface area contributed by atoms with Crippen LogP contribution in [0.5, 0.6) is 0 Å². The highest BCUT2D eigenvalue weighted by atomic mass is 32.1. The molecule has 0 saturated carbocycles. The number of carboxylic acid groups (broad SMARTS) is 1. The van der Waals surface area contributed by atoms with Crippen LogP contribution in [0.2, 0.25) is 0 Å². The van der Waals surface area contributed by atoms with Gasteiger partial charge in [0.2, 0.25) is 0 Å². The summed E-state index contributed by atoms with van der Waals surface area (Å²) in [5.41, 5.74) is 1.63. The highest BCUT2D eigenvalue weighted by molar-refractivity contribution is 7.07. The normalized spacial score (nSPS) is 11.8. The molecule has 2 aromatic heterocycles. The Morgan fingerprint density at radius 2 is 2.35 bits per heavy atom. The van der Waals surface area contributed by atoms with E-state index in [1.165, 1.54) is 23.9 Å². The van der Waals surface area contributed by atoms with Crippen molar-refractivity contribution in [2.45, 2.75) is 19.0 Å². The predicted octanol–water partition coefficient (Wildman–Crippen LogP) is 0.966. The number of carboxylic acids is 1. The molecule has 0 bridgehead atoms. The highest BCUT2D eigenvalue weighted by Crippen LogP contribution is 2.05. The van der Waals surface area contributed by atoms with Gasteiger partial charge in [-0.1, -0.05) is 0 Å². The fraction of sp³-hybridized carbons (Fsp3) is 0.250. The molecule has 0 radical (unpaired) electrons. The molecule has 0 aliphatic carbocycles. The van der Waals surface area contributed by atoms with Gasteiger partial charge < -0.3 is 20.7 Å². The maximum absolute atomic E-state index is 11.7. The molecule has 2 rings (SSSR count). The summed E-state index contributed by atoms with van der Waals surface area (Å²) in [6, 6.07) is 0.380. The lowest BCUT2D eigenvalue weighted by Gasteiger charge is -2.14. The number of H-pyrrole nitrogens is 1. The quantitative estimate of drug-likeness (QED) is 0.636. The molecule has 106 valence electrons. The van der Waals surface area contributed by atoms with Crippen LogP contribution in [0.4, 0.5) is 4.79 Å². The van der Waals surface area contributed by atoms with E-state index in [2.05, 4.69) is 20.6 Å². The Balaban J connectivity index is 1.84. The number of nitrogens with zero attached hydrogens (tertiary/aromatic N) is 1. The first-order valence-electron chi connectivity index (χ1n) is 5.90. The summed E-state index contributed by atoms with van der Waals surface area (Å²) in [4.78, 5) is 29.4. The molecule has 8 heteroatoms. The molecule has 2 amide bonds. The molecule has 2 heterocycles. The van der Waals surface area contributed by atoms with E-state index < -0.39 is 18.0 Å². The number of aromatic nitrogens is 2. The number of aliphatic carboxylic acids is 1. The molecule has 2 aromatic rings. The number of nitrogens with one attached hydrogen (secondary N) is 3. The van der Waals surface area contributed by atoms with Gasteiger partial charge in [0.15, 0.2) is 0 Å². The van der Waals surface area contributed by atoms with Gasteiger partial charge in [0.25, 0.3) is 0 Å². The third-order valence-corrected chi connectivity index (χ3v) is 3.35. The number of carbonyl (C=O) groups is 2. The Bertz CT molecular complexity index is 553. The van der Waals surface area contributed by atoms with Gasteiger partial charge in [-0.25, -0.2) is 14.6 Å². The van der Waals surface area contributed by atoms with Crippen LogP contribution in [0.15, 0.2) is 29.4 Å². The standard InChI is InChI=1S/C12H14N4O3S/c17-11(18)10(3-9-5-13-7-15-9)16-12(19)14-4-8-1-2-20-6-8/h1-2,5-7,10H,3-4H2,(H,13,15)(H,17,18)(H2,14,16,19)/t10-/m0/s1. The highest BCUT2D eigenvalue weighted by Gasteiger charge is 2.20. The molecule has 0 unspecified atom stereocenters. The van der Waals surface area contributed by atoms with E-state index in [0.29, 0.717) is 12.2 Å². The van der Waals surface area contributed by atoms with E-state index in [9.17, 15) is 9.59 Å². The van der Waals surface area contributed by atoms with Crippen LogP contribution in [-0.2, 0) is 17.8 Å². The monoisotopic (exact) mass is 294 g/mol. The summed E-state index contributed by atoms with van der Waals surface area (Å²) in [7, 11) is 0. The summed E-state index contributed by atoms with van der Waals surface area (Å²) in [5.74, 6) is -1.09. The van der Waals surface area contributed by atoms with Crippen molar-refractivity contribution < 1.29 is 14.7 Å². The van der Waals surface area contributed by atoms with E-state index in [0.717, 1.165) is 5.56 Å². The van der Waals surface area contributed by atoms with Crippen molar-refractivity contribution in [2.24, 2.45) is 0 Å². The third-order valence-electron chi connectivity index (χ3n) is 2.62. The fourth-order valence-electron chi connectivity index (χ4n) is 1.60. The van der Waals surface area contributed by atoms with Crippen molar-refractivity contribution >= 4 is 23.3 Å². The van der Waals surface area contributed by atoms with Gasteiger partial charge in [-0.3, -0.25) is 0 Å². The van der Waals surface area contributed by atoms with Crippen LogP contribution in [0, 0.1) is 0 Å². The number of urea groups is 1. The van der Waals surface area contributed by atoms with E-state index in [1.807, 2.05) is 16.8 Å². The smallest absolute Gasteiger partial charge is 0.326 e. The van der Waals surface area contributed by atoms with Crippen LogP contribution in [0.1, 0.15) is 11.3 Å². The molecule has 0 aliphatic heterocycles. The van der Waals surface area contributed by atoms with Crippen molar-refractivity contribution in [3.8, 4) is 0 Å². The van der Waals surface area contributed by atoms with Crippen molar-refractivity contribution in [2.75, 3.05) is 0 Å². The Labute approximate surface area is 119 Å². The zero-order chi connectivity index (χ0) is 14.4. The average Bonchev–Trinajstić information content (AvgIpc) is 3.08. The van der Waals surface area contributed by atoms with Crippen molar-refractivity contribution in [1.82, 2.24) is 20.6 Å². The topological polar surface area (TPSA) is 107 Å². The molecule has 0 aliphatic rings. The number of hydrogen-bond acceptors (Lipinski definition) is 4. The maximum Gasteiger partial charge on any atom is 0.326 e. The first kappa shape index (κ1) is 14.1. The second kappa shape index (κ2) is 6.71. The van der Waals surface area contributed by atoms with Crippen LogP contribution in [0.3, 0.4) is 0 Å². The number of thiophene rings is 1. The Morgan fingerprint density at radius 3 is 2.95 bits per heavy atom. The van der Waals surface area contributed by atoms with E-state index >= 15 is 0 Å². The summed E-state index contributed by atoms with van der Waals surface area (Å²) in [6.07, 6.45) is 3.15. The van der Waals surface area contributed by atoms with Crippen molar-refractivity contribution in [3.05, 3.63) is 40.6 Å². The molecule has 7 nitrogen and oxygen atoms in total. The van der Waals surface area contributed by atoms with Gasteiger partial charge in [0, 0.05) is 24.9 Å². The average molecular weight is 294 g/mol. The molecule has 20 heavy (non-hydrogen) atoms. The molecular weight excluding hydrogens is 280 g/mol. The second-order valence-electron chi connectivity index (χ2n) is 4.13. The van der Waals surface area contributed by atoms with E-state index in [1.54, 1.807) is 0 Å². The van der Waals surface area contributed by atoms with Gasteiger partial charge in [-0.05, 0) is 22.4 Å². The lowest BCUT2D eigenvalue weighted by molar-refractivity contribution is -0.139. The van der Waals surface area contributed by atoms with Gasteiger partial charge in [-0.15, -0.1) is 0 Å². The Kier molecular flexibility index (Phi) is 4.72. The van der Waals surface area contributed by atoms with Crippen LogP contribution in [0.25, 0.3) is 0 Å². The lowest BCUT2D eigenvalue weighted by Crippen LogP contribution is -2.46. The van der Waals surface area contributed by atoms with Crippen LogP contribution >= 0.6 is 11.3 Å². The molecule has 0 saturated heterocycles. The zero-order valence-electron chi connectivity index (χ0n) is 10.5. The summed E-state index contributed by atoms with van der Waals surface area (Å²) >= 11 is 1.54. The van der Waals surface area contributed by atoms with Crippen molar-refractivity contribution in [3.63, 3.8) is 0 Å². The van der Waals surface area contributed by atoms with Gasteiger partial charge in [0.1, 0.15) is 6.04 Å². The fourth-order valence-corrected chi connectivity index (χ4v) is 2.27. The Hall–Kier alpha value is -2.35. The summed E-state index contributed by atoms with van der Waals surface area (Å²) < 4.78 is 0. The first-order chi connectivity index (χ1) is 9.65. The SMILES string of the molecule is O=C(NCc1ccsc1)N[C@@H](Cc1cnc[nH]1)C(=O)O. The number of aromatic amines is 1. The van der Waals surface area contributed by atoms with Crippen LogP contribution in [-0.4, -0.2) is 33.1 Å². The summed E-state index contributed by atoms with van der Waals surface area (Å²) in [6.45, 7) is 0.367. The molecular formula is C12H14N4O3S. The number of carbonyl (C=O) groups excluding carboxylic acids is 1. The number of imidazole rings is 1. The predicted molar refractivity (Wildman–Crippen MR) is 73.4 cm³/mol. The molecule has 1 atom stereocenters. The van der Waals surface area contributed by atoms with E-state index in [-0.39, 0.29) is 6.42 Å². The Morgan fingerprint density at radius 1 is 1.50 bits per heavy atom. The number of amides is 2. The minimum absolute atomic E-state index is 0.154. The minimum atomic E-state index is -1.09. The third kappa shape index (κ3) is 4.09. The second-order valence-corrected chi connectivity index (χ2v) is 4.91. The molecule has 0 spiro atoms. The van der Waals surface area contributed by atoms with Gasteiger partial charge in [0.05, 0.1) is 6.33 Å². The largest absolute Gasteiger partial charge is 0.480 e. The summed E-state index contributed by atoms with van der Waals surface area (Å²) in [5, 5.41) is 18.0. The molecule has 4 N–H and O–H groups in total. The number of rotatable bonds is 6. The lowest BCUT2D eigenvalue weighted by atomic mass is 10.2.